The summed E-state index contributed by atoms with van der Waals surface area (Å²) in [5.74, 6) is 0.897. The van der Waals surface area contributed by atoms with Crippen LogP contribution in [0.2, 0.25) is 0 Å². The minimum absolute atomic E-state index is 0.00459. The lowest BCUT2D eigenvalue weighted by atomic mass is 9.79. The molecule has 2 atom stereocenters. The van der Waals surface area contributed by atoms with Crippen LogP contribution < -0.4 is 10.6 Å². The maximum atomic E-state index is 11.5. The van der Waals surface area contributed by atoms with Crippen LogP contribution >= 0.6 is 0 Å². The summed E-state index contributed by atoms with van der Waals surface area (Å²) in [6, 6.07) is 9.47. The van der Waals surface area contributed by atoms with E-state index in [0.29, 0.717) is 36.7 Å². The number of aryl methyl sites for hydroxylation is 1. The van der Waals surface area contributed by atoms with Gasteiger partial charge in [-0.05, 0) is 71.6 Å². The Bertz CT molecular complexity index is 1260. The number of aromatic hydroxyl groups is 2. The van der Waals surface area contributed by atoms with Crippen molar-refractivity contribution in [3.8, 4) is 11.5 Å². The molecule has 0 aliphatic heterocycles. The van der Waals surface area contributed by atoms with E-state index < -0.39 is 0 Å². The molecule has 0 aromatic heterocycles. The predicted octanol–water partition coefficient (Wildman–Crippen LogP) is 8.60. The van der Waals surface area contributed by atoms with Crippen molar-refractivity contribution < 1.29 is 14.7 Å². The molecule has 5 heteroatoms. The largest absolute Gasteiger partial charge is 0.507 e. The van der Waals surface area contributed by atoms with Crippen LogP contribution in [0.1, 0.15) is 142 Å². The monoisotopic (exact) mass is 623 g/mol. The van der Waals surface area contributed by atoms with Crippen molar-refractivity contribution in [2.75, 3.05) is 26.7 Å². The number of quaternary nitrogens is 1. The van der Waals surface area contributed by atoms with Crippen molar-refractivity contribution in [2.24, 2.45) is 0 Å². The molecular formula is C40H68N3O2+. The summed E-state index contributed by atoms with van der Waals surface area (Å²) in [6.45, 7) is 29.3. The summed E-state index contributed by atoms with van der Waals surface area (Å²) in [4.78, 5) is 0. The van der Waals surface area contributed by atoms with E-state index in [1.807, 2.05) is 0 Å². The summed E-state index contributed by atoms with van der Waals surface area (Å²) < 4.78 is 1.07. The fraction of sp³-hybridized carbons (Fsp3) is 0.700. The molecule has 1 aliphatic rings. The molecular weight excluding hydrogens is 554 g/mol. The number of hydrogen-bond acceptors (Lipinski definition) is 4. The first kappa shape index (κ1) is 37.4. The molecule has 4 N–H and O–H groups in total. The normalized spacial score (nSPS) is 18.4. The van der Waals surface area contributed by atoms with E-state index in [1.165, 1.54) is 24.0 Å². The van der Waals surface area contributed by atoms with Gasteiger partial charge >= 0.3 is 0 Å². The van der Waals surface area contributed by atoms with Crippen LogP contribution in [0.4, 0.5) is 0 Å². The van der Waals surface area contributed by atoms with Crippen molar-refractivity contribution in [1.29, 1.82) is 0 Å². The Kier molecular flexibility index (Phi) is 12.3. The zero-order valence-corrected chi connectivity index (χ0v) is 31.1. The van der Waals surface area contributed by atoms with Gasteiger partial charge in [-0.1, -0.05) is 99.4 Å². The number of rotatable bonds is 12. The molecule has 3 rings (SSSR count). The third kappa shape index (κ3) is 9.95. The molecule has 254 valence electrons. The highest BCUT2D eigenvalue weighted by Gasteiger charge is 2.28. The standard InChI is InChI=1S/C40H67N3O2/c1-13-43(12,14-2)21-17-18-28-22-31(38(3,4)5)23-29(36(28)44)26-41-34-19-15-16-20-35(34)42-27-30-24-32(39(6,7)8)25-33(37(30)45)40(9,10)11/h22-25,34-35,41-42H,13-21,26-27H2,1-12H3,(H-,44,45)/p+1. The number of phenolic OH excluding ortho intramolecular Hbond substituents is 2. The smallest absolute Gasteiger partial charge is 0.123 e. The van der Waals surface area contributed by atoms with E-state index in [4.69, 9.17) is 0 Å². The van der Waals surface area contributed by atoms with Gasteiger partial charge in [-0.25, -0.2) is 0 Å². The topological polar surface area (TPSA) is 64.5 Å². The summed E-state index contributed by atoms with van der Waals surface area (Å²) in [5.41, 5.74) is 6.53. The number of benzene rings is 2. The highest BCUT2D eigenvalue weighted by Crippen LogP contribution is 2.38. The second-order valence-electron chi connectivity index (χ2n) is 17.3. The summed E-state index contributed by atoms with van der Waals surface area (Å²) in [6.07, 6.45) is 6.60. The minimum Gasteiger partial charge on any atom is -0.507 e. The highest BCUT2D eigenvalue weighted by atomic mass is 16.3. The van der Waals surface area contributed by atoms with Crippen LogP contribution in [0.25, 0.3) is 0 Å². The van der Waals surface area contributed by atoms with Crippen LogP contribution in [-0.4, -0.2) is 53.5 Å². The van der Waals surface area contributed by atoms with Gasteiger partial charge in [-0.3, -0.25) is 0 Å². The average molecular weight is 623 g/mol. The second-order valence-corrected chi connectivity index (χ2v) is 17.3. The molecule has 1 aliphatic carbocycles. The van der Waals surface area contributed by atoms with Crippen LogP contribution in [0.3, 0.4) is 0 Å². The molecule has 1 fully saturated rings. The number of hydrogen-bond donors (Lipinski definition) is 4. The average Bonchev–Trinajstić information content (AvgIpc) is 2.95. The SMILES string of the molecule is CC[N+](C)(CC)CCCc1cc(C(C)(C)C)cc(CNC2CCCCC2NCc2cc(C(C)(C)C)cc(C(C)(C)C)c2O)c1O. The Balaban J connectivity index is 1.79. The van der Waals surface area contributed by atoms with Crippen LogP contribution in [0.5, 0.6) is 11.5 Å². The fourth-order valence-electron chi connectivity index (χ4n) is 6.65. The molecule has 5 nitrogen and oxygen atoms in total. The van der Waals surface area contributed by atoms with Crippen molar-refractivity contribution in [1.82, 2.24) is 10.6 Å². The molecule has 0 radical (unpaired) electrons. The summed E-state index contributed by atoms with van der Waals surface area (Å²) in [5, 5.41) is 30.6. The number of nitrogens with one attached hydrogen (secondary N) is 2. The third-order valence-electron chi connectivity index (χ3n) is 10.5. The van der Waals surface area contributed by atoms with Gasteiger partial charge in [0.05, 0.1) is 26.7 Å². The molecule has 2 aromatic carbocycles. The number of phenols is 2. The Morgan fingerprint density at radius 3 is 1.56 bits per heavy atom. The van der Waals surface area contributed by atoms with E-state index in [1.54, 1.807) is 0 Å². The van der Waals surface area contributed by atoms with E-state index in [-0.39, 0.29) is 16.2 Å². The molecule has 0 bridgehead atoms. The first-order valence-electron chi connectivity index (χ1n) is 17.8. The van der Waals surface area contributed by atoms with Gasteiger partial charge in [0.15, 0.2) is 0 Å². The van der Waals surface area contributed by atoms with Crippen LogP contribution in [0.15, 0.2) is 24.3 Å². The van der Waals surface area contributed by atoms with Gasteiger partial charge in [-0.15, -0.1) is 0 Å². The van der Waals surface area contributed by atoms with Gasteiger partial charge in [0, 0.05) is 42.7 Å². The maximum absolute atomic E-state index is 11.5. The maximum Gasteiger partial charge on any atom is 0.123 e. The first-order chi connectivity index (χ1) is 20.8. The Morgan fingerprint density at radius 2 is 1.11 bits per heavy atom. The molecule has 0 amide bonds. The summed E-state index contributed by atoms with van der Waals surface area (Å²) in [7, 11) is 2.33. The molecule has 0 saturated heterocycles. The predicted molar refractivity (Wildman–Crippen MR) is 192 cm³/mol. The highest BCUT2D eigenvalue weighted by molar-refractivity contribution is 5.49. The summed E-state index contributed by atoms with van der Waals surface area (Å²) >= 11 is 0. The van der Waals surface area contributed by atoms with E-state index in [2.05, 4.69) is 118 Å². The molecule has 45 heavy (non-hydrogen) atoms. The van der Waals surface area contributed by atoms with Gasteiger partial charge in [0.25, 0.3) is 0 Å². The lowest BCUT2D eigenvalue weighted by Gasteiger charge is -2.34. The molecule has 1 saturated carbocycles. The van der Waals surface area contributed by atoms with E-state index in [9.17, 15) is 10.2 Å². The lowest BCUT2D eigenvalue weighted by Crippen LogP contribution is -2.49. The van der Waals surface area contributed by atoms with Crippen LogP contribution in [-0.2, 0) is 35.8 Å². The van der Waals surface area contributed by atoms with E-state index >= 15 is 0 Å². The third-order valence-corrected chi connectivity index (χ3v) is 10.5. The second kappa shape index (κ2) is 14.8. The minimum atomic E-state index is -0.137. The number of nitrogens with zero attached hydrogens (tertiary/aromatic N) is 1. The zero-order valence-electron chi connectivity index (χ0n) is 31.1. The van der Waals surface area contributed by atoms with Crippen molar-refractivity contribution in [3.05, 3.63) is 57.6 Å². The van der Waals surface area contributed by atoms with E-state index in [0.717, 1.165) is 72.1 Å². The van der Waals surface area contributed by atoms with Crippen LogP contribution in [0, 0.1) is 0 Å². The molecule has 2 unspecified atom stereocenters. The van der Waals surface area contributed by atoms with Gasteiger partial charge in [0.1, 0.15) is 11.5 Å². The zero-order chi connectivity index (χ0) is 33.8. The molecule has 0 heterocycles. The Morgan fingerprint density at radius 1 is 0.667 bits per heavy atom. The fourth-order valence-corrected chi connectivity index (χ4v) is 6.65. The van der Waals surface area contributed by atoms with Crippen molar-refractivity contribution in [3.63, 3.8) is 0 Å². The van der Waals surface area contributed by atoms with Crippen molar-refractivity contribution >= 4 is 0 Å². The lowest BCUT2D eigenvalue weighted by molar-refractivity contribution is -0.906. The van der Waals surface area contributed by atoms with Gasteiger partial charge in [0.2, 0.25) is 0 Å². The molecule has 2 aromatic rings. The quantitative estimate of drug-likeness (QED) is 0.179. The first-order valence-corrected chi connectivity index (χ1v) is 17.8. The van der Waals surface area contributed by atoms with Crippen molar-refractivity contribution in [2.45, 2.75) is 156 Å². The Hall–Kier alpha value is -2.08. The van der Waals surface area contributed by atoms with Gasteiger partial charge in [-0.2, -0.15) is 0 Å². The Labute approximate surface area is 276 Å². The molecule has 0 spiro atoms. The van der Waals surface area contributed by atoms with Gasteiger partial charge < -0.3 is 25.3 Å².